The van der Waals surface area contributed by atoms with Crippen LogP contribution in [-0.4, -0.2) is 47.4 Å². The lowest BCUT2D eigenvalue weighted by Gasteiger charge is -2.20. The molecule has 6 heteroatoms. The van der Waals surface area contributed by atoms with Gasteiger partial charge in [-0.2, -0.15) is 0 Å². The fourth-order valence-corrected chi connectivity index (χ4v) is 11.2. The highest BCUT2D eigenvalue weighted by atomic mass is 16.5. The van der Waals surface area contributed by atoms with Crippen LogP contribution in [0.5, 0.6) is 0 Å². The van der Waals surface area contributed by atoms with Gasteiger partial charge in [0.1, 0.15) is 0 Å². The minimum absolute atomic E-state index is 0.00722. The zero-order valence-corrected chi connectivity index (χ0v) is 53.4. The van der Waals surface area contributed by atoms with Gasteiger partial charge in [-0.05, 0) is 64.2 Å². The summed E-state index contributed by atoms with van der Waals surface area (Å²) in [6, 6.07) is -0.624. The van der Waals surface area contributed by atoms with E-state index in [1.165, 1.54) is 315 Å². The number of hydrogen-bond acceptors (Lipinski definition) is 5. The maximum absolute atomic E-state index is 12.5. The van der Waals surface area contributed by atoms with E-state index >= 15 is 0 Å². The van der Waals surface area contributed by atoms with E-state index in [1.54, 1.807) is 6.08 Å². The van der Waals surface area contributed by atoms with Crippen molar-refractivity contribution in [3.05, 3.63) is 36.5 Å². The molecule has 0 rings (SSSR count). The average molecular weight is 1110 g/mol. The number of hydrogen-bond donors (Lipinski definition) is 3. The number of carbonyl (C=O) groups is 2. The van der Waals surface area contributed by atoms with Gasteiger partial charge in [-0.25, -0.2) is 0 Å². The summed E-state index contributed by atoms with van der Waals surface area (Å²) in [6.07, 6.45) is 88.0. The van der Waals surface area contributed by atoms with E-state index in [9.17, 15) is 19.8 Å². The van der Waals surface area contributed by atoms with E-state index < -0.39 is 12.1 Å². The van der Waals surface area contributed by atoms with Gasteiger partial charge >= 0.3 is 5.97 Å². The van der Waals surface area contributed by atoms with Crippen LogP contribution < -0.4 is 5.32 Å². The first-order chi connectivity index (χ1) is 39.0. The topological polar surface area (TPSA) is 95.9 Å². The highest BCUT2D eigenvalue weighted by molar-refractivity contribution is 5.76. The molecular formula is C73H139NO5. The Morgan fingerprint density at radius 3 is 0.975 bits per heavy atom. The van der Waals surface area contributed by atoms with Gasteiger partial charge in [0.15, 0.2) is 0 Å². The molecule has 2 atom stereocenters. The summed E-state index contributed by atoms with van der Waals surface area (Å²) < 4.78 is 5.49. The quantitative estimate of drug-likeness (QED) is 0.0320. The maximum Gasteiger partial charge on any atom is 0.305 e. The molecule has 6 nitrogen and oxygen atoms in total. The summed E-state index contributed by atoms with van der Waals surface area (Å²) in [7, 11) is 0. The van der Waals surface area contributed by atoms with Crippen LogP contribution in [0.2, 0.25) is 0 Å². The molecule has 0 aliphatic carbocycles. The molecule has 0 aliphatic heterocycles. The molecule has 0 aromatic rings. The van der Waals surface area contributed by atoms with Crippen LogP contribution in [-0.2, 0) is 14.3 Å². The summed E-state index contributed by atoms with van der Waals surface area (Å²) >= 11 is 0. The number of carbonyl (C=O) groups excluding carboxylic acids is 2. The molecule has 0 saturated carbocycles. The van der Waals surface area contributed by atoms with E-state index in [2.05, 4.69) is 43.5 Å². The van der Waals surface area contributed by atoms with Crippen molar-refractivity contribution in [2.75, 3.05) is 13.2 Å². The number of rotatable bonds is 67. The van der Waals surface area contributed by atoms with Gasteiger partial charge in [-0.1, -0.05) is 352 Å². The van der Waals surface area contributed by atoms with Crippen molar-refractivity contribution in [1.82, 2.24) is 5.32 Å². The van der Waals surface area contributed by atoms with Crippen LogP contribution in [0.3, 0.4) is 0 Å². The highest BCUT2D eigenvalue weighted by Gasteiger charge is 2.18. The molecule has 79 heavy (non-hydrogen) atoms. The normalized spacial score (nSPS) is 12.7. The van der Waals surface area contributed by atoms with Crippen LogP contribution >= 0.6 is 0 Å². The Kier molecular flexibility index (Phi) is 66.9. The van der Waals surface area contributed by atoms with E-state index in [4.69, 9.17) is 4.74 Å². The van der Waals surface area contributed by atoms with Crippen molar-refractivity contribution in [1.29, 1.82) is 0 Å². The summed E-state index contributed by atoms with van der Waals surface area (Å²) in [5, 5.41) is 23.2. The average Bonchev–Trinajstić information content (AvgIpc) is 3.45. The minimum atomic E-state index is -0.841. The summed E-state index contributed by atoms with van der Waals surface area (Å²) in [5.74, 6) is -0.0544. The summed E-state index contributed by atoms with van der Waals surface area (Å²) in [6.45, 7) is 4.91. The second kappa shape index (κ2) is 68.6. The van der Waals surface area contributed by atoms with Crippen molar-refractivity contribution in [2.45, 2.75) is 405 Å². The van der Waals surface area contributed by atoms with Crippen LogP contribution in [0.15, 0.2) is 36.5 Å². The van der Waals surface area contributed by atoms with Crippen molar-refractivity contribution >= 4 is 11.9 Å². The molecule has 2 unspecified atom stereocenters. The number of esters is 1. The number of unbranched alkanes of at least 4 members (excludes halogenated alkanes) is 52. The predicted molar refractivity (Wildman–Crippen MR) is 347 cm³/mol. The van der Waals surface area contributed by atoms with Gasteiger partial charge in [-0.15, -0.1) is 0 Å². The zero-order valence-electron chi connectivity index (χ0n) is 53.4. The molecule has 0 fully saturated rings. The Labute approximate surface area is 494 Å². The third kappa shape index (κ3) is 65.1. The minimum Gasteiger partial charge on any atom is -0.466 e. The number of aliphatic hydroxyl groups excluding tert-OH is 2. The van der Waals surface area contributed by atoms with Crippen LogP contribution in [0.4, 0.5) is 0 Å². The van der Waals surface area contributed by atoms with Crippen LogP contribution in [0.1, 0.15) is 393 Å². The second-order valence-electron chi connectivity index (χ2n) is 24.6. The van der Waals surface area contributed by atoms with Gasteiger partial charge in [0, 0.05) is 12.8 Å². The van der Waals surface area contributed by atoms with Gasteiger partial charge < -0.3 is 20.3 Å². The maximum atomic E-state index is 12.5. The molecule has 3 N–H and O–H groups in total. The van der Waals surface area contributed by atoms with E-state index in [0.717, 1.165) is 51.4 Å². The van der Waals surface area contributed by atoms with Gasteiger partial charge in [0.25, 0.3) is 0 Å². The molecule has 0 heterocycles. The standard InChI is InChI=1S/C73H139NO5/c1-3-5-7-9-11-13-15-17-19-39-43-47-51-55-59-63-67-73(78)79-68-64-60-56-52-48-44-40-36-34-32-30-28-26-24-22-20-21-23-25-27-29-31-33-35-38-42-46-50-54-58-62-66-72(77)74-70(69-75)71(76)65-61-57-53-49-45-41-37-18-16-14-12-10-8-6-4-2/h13,15,19,39,61,65,70-71,75-76H,3-12,14,16-18,20-38,40-60,62-64,66-69H2,1-2H3,(H,74,77)/b15-13-,39-19-,65-61+. The largest absolute Gasteiger partial charge is 0.466 e. The predicted octanol–water partition coefficient (Wildman–Crippen LogP) is 23.1. The Bertz CT molecular complexity index is 1280. The van der Waals surface area contributed by atoms with E-state index in [0.29, 0.717) is 19.4 Å². The monoisotopic (exact) mass is 1110 g/mol. The molecule has 466 valence electrons. The van der Waals surface area contributed by atoms with Crippen molar-refractivity contribution < 1.29 is 24.5 Å². The van der Waals surface area contributed by atoms with Crippen LogP contribution in [0, 0.1) is 0 Å². The number of ether oxygens (including phenoxy) is 1. The lowest BCUT2D eigenvalue weighted by molar-refractivity contribution is -0.143. The van der Waals surface area contributed by atoms with Gasteiger partial charge in [0.05, 0.1) is 25.4 Å². The Morgan fingerprint density at radius 1 is 0.354 bits per heavy atom. The molecule has 0 bridgehead atoms. The number of allylic oxidation sites excluding steroid dienone is 5. The summed E-state index contributed by atoms with van der Waals surface area (Å²) in [5.41, 5.74) is 0. The smallest absolute Gasteiger partial charge is 0.305 e. The molecule has 1 amide bonds. The van der Waals surface area contributed by atoms with Crippen molar-refractivity contribution in [2.24, 2.45) is 0 Å². The SMILES string of the molecule is CCCCCC/C=C\C/C=C\CCCCCCCC(=O)OCCCCCCCCCCCCCCCCCCCCCCCCCCCCCCCCCC(=O)NC(CO)C(O)/C=C/CCCCCCCCCCCCCCC. The highest BCUT2D eigenvalue weighted by Crippen LogP contribution is 2.19. The molecule has 0 aliphatic rings. The van der Waals surface area contributed by atoms with Crippen molar-refractivity contribution in [3.63, 3.8) is 0 Å². The first-order valence-electron chi connectivity index (χ1n) is 35.8. The third-order valence-electron chi connectivity index (χ3n) is 16.7. The Hall–Kier alpha value is -1.92. The third-order valence-corrected chi connectivity index (χ3v) is 16.7. The number of nitrogens with one attached hydrogen (secondary N) is 1. The van der Waals surface area contributed by atoms with Crippen molar-refractivity contribution in [3.8, 4) is 0 Å². The molecule has 0 spiro atoms. The van der Waals surface area contributed by atoms with Gasteiger partial charge in [0.2, 0.25) is 5.91 Å². The molecular weight excluding hydrogens is 971 g/mol. The van der Waals surface area contributed by atoms with E-state index in [1.807, 2.05) is 6.08 Å². The summed E-state index contributed by atoms with van der Waals surface area (Å²) in [4.78, 5) is 24.6. The first-order valence-corrected chi connectivity index (χ1v) is 35.8. The number of amides is 1. The van der Waals surface area contributed by atoms with Crippen LogP contribution in [0.25, 0.3) is 0 Å². The fourth-order valence-electron chi connectivity index (χ4n) is 11.2. The zero-order chi connectivity index (χ0) is 57.1. The molecule has 0 aromatic carbocycles. The second-order valence-corrected chi connectivity index (χ2v) is 24.6. The van der Waals surface area contributed by atoms with Gasteiger partial charge in [-0.3, -0.25) is 9.59 Å². The Balaban J connectivity index is 3.34. The molecule has 0 aromatic heterocycles. The molecule has 0 saturated heterocycles. The van der Waals surface area contributed by atoms with E-state index in [-0.39, 0.29) is 18.5 Å². The Morgan fingerprint density at radius 2 is 0.633 bits per heavy atom. The lowest BCUT2D eigenvalue weighted by Crippen LogP contribution is -2.45. The first kappa shape index (κ1) is 77.1. The lowest BCUT2D eigenvalue weighted by atomic mass is 10.0. The molecule has 0 radical (unpaired) electrons. The number of aliphatic hydroxyl groups is 2. The fraction of sp³-hybridized carbons (Fsp3) is 0.890.